The van der Waals surface area contributed by atoms with Crippen molar-refractivity contribution < 1.29 is 4.79 Å². The average molecular weight is 468 g/mol. The summed E-state index contributed by atoms with van der Waals surface area (Å²) in [4.78, 5) is 23.0. The molecule has 3 aromatic rings. The van der Waals surface area contributed by atoms with E-state index in [4.69, 9.17) is 0 Å². The summed E-state index contributed by atoms with van der Waals surface area (Å²) < 4.78 is 0. The average Bonchev–Trinajstić information content (AvgIpc) is 3.75. The fourth-order valence-corrected chi connectivity index (χ4v) is 5.70. The van der Waals surface area contributed by atoms with Crippen molar-refractivity contribution >= 4 is 5.91 Å². The van der Waals surface area contributed by atoms with Crippen LogP contribution in [0.15, 0.2) is 85.1 Å². The topological polar surface area (TPSA) is 36.4 Å². The molecule has 2 atom stereocenters. The molecule has 2 aromatic carbocycles. The normalized spacial score (nSPS) is 18.7. The van der Waals surface area contributed by atoms with Crippen LogP contribution in [-0.2, 0) is 6.42 Å². The summed E-state index contributed by atoms with van der Waals surface area (Å²) in [6, 6.07) is 27.8. The van der Waals surface area contributed by atoms with Gasteiger partial charge in [0.25, 0.3) is 5.91 Å². The molecular weight excluding hydrogens is 430 g/mol. The summed E-state index contributed by atoms with van der Waals surface area (Å²) in [5, 5.41) is 0. The number of hydrogen-bond donors (Lipinski definition) is 0. The number of carbonyl (C=O) groups is 1. The summed E-state index contributed by atoms with van der Waals surface area (Å²) >= 11 is 0. The molecule has 1 saturated carbocycles. The standard InChI is InChI=1S/C31H37N3O/c1-24(26-12-6-3-7-13-26)23-33-20-17-27(18-21-33)30(22-25-10-4-2-5-11-25)34(28-15-16-28)31(35)29-14-8-9-19-32-29/h2-14,19,24,27-28,30H,15-18,20-23H2,1H3/t24-,30+/m0/s1. The predicted molar refractivity (Wildman–Crippen MR) is 141 cm³/mol. The number of carbonyl (C=O) groups excluding carboxylic acids is 1. The van der Waals surface area contributed by atoms with Crippen LogP contribution in [0.4, 0.5) is 0 Å². The molecule has 4 nitrogen and oxygen atoms in total. The summed E-state index contributed by atoms with van der Waals surface area (Å²) in [7, 11) is 0. The highest BCUT2D eigenvalue weighted by molar-refractivity contribution is 5.93. The zero-order valence-electron chi connectivity index (χ0n) is 20.8. The lowest BCUT2D eigenvalue weighted by atomic mass is 9.84. The first-order valence-corrected chi connectivity index (χ1v) is 13.2. The highest BCUT2D eigenvalue weighted by atomic mass is 16.2. The number of aromatic nitrogens is 1. The first-order valence-electron chi connectivity index (χ1n) is 13.2. The molecule has 0 spiro atoms. The molecule has 1 aliphatic carbocycles. The maximum atomic E-state index is 13.7. The van der Waals surface area contributed by atoms with E-state index in [1.165, 1.54) is 11.1 Å². The largest absolute Gasteiger partial charge is 0.331 e. The van der Waals surface area contributed by atoms with Gasteiger partial charge in [-0.15, -0.1) is 0 Å². The lowest BCUT2D eigenvalue weighted by Crippen LogP contribution is -2.50. The van der Waals surface area contributed by atoms with E-state index in [2.05, 4.69) is 82.4 Å². The van der Waals surface area contributed by atoms with E-state index in [0.29, 0.717) is 23.6 Å². The maximum absolute atomic E-state index is 13.7. The van der Waals surface area contributed by atoms with Crippen LogP contribution in [0.2, 0.25) is 0 Å². The molecule has 2 heterocycles. The van der Waals surface area contributed by atoms with Crippen LogP contribution in [0.5, 0.6) is 0 Å². The Kier molecular flexibility index (Phi) is 7.58. The van der Waals surface area contributed by atoms with Crippen LogP contribution in [0.25, 0.3) is 0 Å². The molecule has 182 valence electrons. The molecule has 0 unspecified atom stereocenters. The second-order valence-electron chi connectivity index (χ2n) is 10.4. The summed E-state index contributed by atoms with van der Waals surface area (Å²) in [6.07, 6.45) is 7.14. The molecule has 2 aliphatic rings. The molecule has 1 amide bonds. The highest BCUT2D eigenvalue weighted by Gasteiger charge is 2.42. The van der Waals surface area contributed by atoms with Gasteiger partial charge >= 0.3 is 0 Å². The van der Waals surface area contributed by atoms with Gasteiger partial charge in [-0.25, -0.2) is 0 Å². The molecule has 5 rings (SSSR count). The first-order chi connectivity index (χ1) is 17.2. The highest BCUT2D eigenvalue weighted by Crippen LogP contribution is 2.36. The molecule has 1 aliphatic heterocycles. The number of hydrogen-bond acceptors (Lipinski definition) is 3. The Balaban J connectivity index is 1.31. The minimum atomic E-state index is 0.106. The van der Waals surface area contributed by atoms with Crippen molar-refractivity contribution in [1.29, 1.82) is 0 Å². The van der Waals surface area contributed by atoms with Crippen molar-refractivity contribution in [1.82, 2.24) is 14.8 Å². The number of pyridine rings is 1. The molecule has 0 bridgehead atoms. The summed E-state index contributed by atoms with van der Waals surface area (Å²) in [5.74, 6) is 1.14. The molecule has 0 N–H and O–H groups in total. The van der Waals surface area contributed by atoms with Crippen molar-refractivity contribution in [2.75, 3.05) is 19.6 Å². The van der Waals surface area contributed by atoms with Crippen LogP contribution in [0, 0.1) is 5.92 Å². The van der Waals surface area contributed by atoms with Crippen molar-refractivity contribution in [3.05, 3.63) is 102 Å². The molecule has 4 heteroatoms. The zero-order valence-corrected chi connectivity index (χ0v) is 20.8. The maximum Gasteiger partial charge on any atom is 0.272 e. The van der Waals surface area contributed by atoms with Gasteiger partial charge in [-0.1, -0.05) is 73.7 Å². The van der Waals surface area contributed by atoms with Gasteiger partial charge in [-0.2, -0.15) is 0 Å². The van der Waals surface area contributed by atoms with Crippen LogP contribution in [0.1, 0.15) is 60.1 Å². The number of amides is 1. The number of nitrogens with zero attached hydrogens (tertiary/aromatic N) is 3. The molecule has 2 fully saturated rings. The lowest BCUT2D eigenvalue weighted by molar-refractivity contribution is 0.0479. The van der Waals surface area contributed by atoms with E-state index in [1.807, 2.05) is 18.2 Å². The second kappa shape index (κ2) is 11.2. The van der Waals surface area contributed by atoms with E-state index in [9.17, 15) is 4.79 Å². The zero-order chi connectivity index (χ0) is 24.0. The van der Waals surface area contributed by atoms with Crippen molar-refractivity contribution in [2.24, 2.45) is 5.92 Å². The Morgan fingerprint density at radius 3 is 2.20 bits per heavy atom. The minimum absolute atomic E-state index is 0.106. The van der Waals surface area contributed by atoms with Crippen LogP contribution in [-0.4, -0.2) is 52.4 Å². The van der Waals surface area contributed by atoms with Crippen LogP contribution < -0.4 is 0 Å². The lowest BCUT2D eigenvalue weighted by Gasteiger charge is -2.42. The Morgan fingerprint density at radius 1 is 0.914 bits per heavy atom. The van der Waals surface area contributed by atoms with Gasteiger partial charge in [0.2, 0.25) is 0 Å². The van der Waals surface area contributed by atoms with E-state index in [-0.39, 0.29) is 11.9 Å². The Labute approximate surface area is 210 Å². The van der Waals surface area contributed by atoms with Gasteiger partial charge in [0.1, 0.15) is 5.69 Å². The van der Waals surface area contributed by atoms with Crippen LogP contribution in [0.3, 0.4) is 0 Å². The number of rotatable bonds is 9. The van der Waals surface area contributed by atoms with E-state index < -0.39 is 0 Å². The van der Waals surface area contributed by atoms with Gasteiger partial charge in [-0.3, -0.25) is 9.78 Å². The fourth-order valence-electron chi connectivity index (χ4n) is 5.70. The Morgan fingerprint density at radius 2 is 1.57 bits per heavy atom. The van der Waals surface area contributed by atoms with Crippen molar-refractivity contribution in [2.45, 2.75) is 57.0 Å². The smallest absolute Gasteiger partial charge is 0.272 e. The monoisotopic (exact) mass is 467 g/mol. The Bertz CT molecular complexity index is 1060. The van der Waals surface area contributed by atoms with Gasteiger partial charge in [0.05, 0.1) is 0 Å². The third kappa shape index (κ3) is 5.99. The van der Waals surface area contributed by atoms with E-state index in [1.54, 1.807) is 6.20 Å². The third-order valence-electron chi connectivity index (χ3n) is 7.78. The third-order valence-corrected chi connectivity index (χ3v) is 7.78. The fraction of sp³-hybridized carbons (Fsp3) is 0.419. The van der Waals surface area contributed by atoms with E-state index in [0.717, 1.165) is 51.7 Å². The molecule has 35 heavy (non-hydrogen) atoms. The number of benzene rings is 2. The van der Waals surface area contributed by atoms with Gasteiger partial charge in [0.15, 0.2) is 0 Å². The van der Waals surface area contributed by atoms with Gasteiger partial charge in [-0.05, 0) is 80.3 Å². The number of piperidine rings is 1. The SMILES string of the molecule is C[C@@H](CN1CCC([C@@H](Cc2ccccc2)N(C(=O)c2ccccn2)C2CC2)CC1)c1ccccc1. The summed E-state index contributed by atoms with van der Waals surface area (Å²) in [5.41, 5.74) is 3.31. The molecule has 1 aromatic heterocycles. The Hall–Kier alpha value is -2.98. The van der Waals surface area contributed by atoms with Crippen molar-refractivity contribution in [3.8, 4) is 0 Å². The summed E-state index contributed by atoms with van der Waals surface area (Å²) in [6.45, 7) is 5.63. The molecule has 1 saturated heterocycles. The minimum Gasteiger partial charge on any atom is -0.331 e. The molecule has 0 radical (unpaired) electrons. The number of likely N-dealkylation sites (tertiary alicyclic amines) is 1. The van der Waals surface area contributed by atoms with Gasteiger partial charge < -0.3 is 9.80 Å². The van der Waals surface area contributed by atoms with E-state index >= 15 is 0 Å². The predicted octanol–water partition coefficient (Wildman–Crippen LogP) is 5.81. The molecular formula is C31H37N3O. The quantitative estimate of drug-likeness (QED) is 0.398. The first kappa shape index (κ1) is 23.7. The van der Waals surface area contributed by atoms with Gasteiger partial charge in [0, 0.05) is 24.8 Å². The second-order valence-corrected chi connectivity index (χ2v) is 10.4. The van der Waals surface area contributed by atoms with Crippen molar-refractivity contribution in [3.63, 3.8) is 0 Å². The van der Waals surface area contributed by atoms with Crippen LogP contribution >= 0.6 is 0 Å².